The van der Waals surface area contributed by atoms with Gasteiger partial charge in [-0.05, 0) is 36.4 Å². The minimum Gasteiger partial charge on any atom is -0.403 e. The summed E-state index contributed by atoms with van der Waals surface area (Å²) in [5.41, 5.74) is -0.460. The molecule has 4 nitrogen and oxygen atoms in total. The number of alkyl halides is 3. The number of nitrogens with one attached hydrogen (secondary N) is 2. The van der Waals surface area contributed by atoms with Crippen molar-refractivity contribution in [1.29, 1.82) is 0 Å². The quantitative estimate of drug-likeness (QED) is 0.424. The summed E-state index contributed by atoms with van der Waals surface area (Å²) in [5.74, 6) is -0.904. The molecule has 0 aliphatic heterocycles. The highest BCUT2D eigenvalue weighted by Crippen LogP contribution is 3.02. The van der Waals surface area contributed by atoms with E-state index in [-0.39, 0.29) is 23.5 Å². The van der Waals surface area contributed by atoms with Gasteiger partial charge in [-0.15, -0.1) is 13.2 Å². The Morgan fingerprint density at radius 1 is 0.862 bits per heavy atom. The monoisotopic (exact) mass is 490 g/mol. The van der Waals surface area contributed by atoms with Gasteiger partial charge in [-0.3, -0.25) is 0 Å². The van der Waals surface area contributed by atoms with Crippen molar-refractivity contribution in [2.75, 3.05) is 10.6 Å². The van der Waals surface area contributed by atoms with E-state index in [0.29, 0.717) is 12.1 Å². The van der Waals surface area contributed by atoms with Crippen LogP contribution in [-0.4, -0.2) is 12.4 Å². The van der Waals surface area contributed by atoms with E-state index in [2.05, 4.69) is 10.1 Å². The number of carbonyl (C=O) groups is 1. The molecule has 2 amide bonds. The van der Waals surface area contributed by atoms with Crippen LogP contribution < -0.4 is 15.4 Å². The number of anilines is 2. The van der Waals surface area contributed by atoms with Gasteiger partial charge in [0.05, 0.1) is 10.0 Å². The second-order valence-electron chi connectivity index (χ2n) is 5.39. The molecule has 0 aliphatic rings. The standard InChI is InChI=1S/C14H8Cl2F8N2O2S/c15-10-5-8(6-11(16)12(10)28-14(17,18)19)26-13(27)25-7-1-3-9(4-2-7)29(20,21,22,23)24/h1-6H,(H2,25,26,27). The molecule has 0 saturated heterocycles. The fourth-order valence-corrected chi connectivity index (χ4v) is 3.15. The molecule has 2 aromatic rings. The fourth-order valence-electron chi connectivity index (χ4n) is 1.93. The second-order valence-corrected chi connectivity index (χ2v) is 8.61. The average Bonchev–Trinajstić information content (AvgIpc) is 2.48. The van der Waals surface area contributed by atoms with Crippen LogP contribution in [-0.2, 0) is 0 Å². The zero-order chi connectivity index (χ0) is 22.3. The summed E-state index contributed by atoms with van der Waals surface area (Å²) >= 11 is 11.2. The lowest BCUT2D eigenvalue weighted by Crippen LogP contribution is -2.20. The summed E-state index contributed by atoms with van der Waals surface area (Å²) in [6.07, 6.45) is -5.07. The molecule has 0 spiro atoms. The lowest BCUT2D eigenvalue weighted by Gasteiger charge is -2.40. The van der Waals surface area contributed by atoms with Crippen LogP contribution >= 0.6 is 33.4 Å². The van der Waals surface area contributed by atoms with E-state index in [1.165, 1.54) is 0 Å². The van der Waals surface area contributed by atoms with Gasteiger partial charge in [-0.25, -0.2) is 4.79 Å². The number of ether oxygens (including phenoxy) is 1. The van der Waals surface area contributed by atoms with E-state index in [0.717, 1.165) is 12.1 Å². The van der Waals surface area contributed by atoms with Crippen molar-refractivity contribution in [2.24, 2.45) is 0 Å². The summed E-state index contributed by atoms with van der Waals surface area (Å²) < 4.78 is 104. The molecule has 0 aromatic heterocycles. The fraction of sp³-hybridized carbons (Fsp3) is 0.0714. The minimum atomic E-state index is -9.85. The molecule has 0 heterocycles. The molecule has 0 bridgehead atoms. The number of carbonyl (C=O) groups excluding carboxylic acids is 1. The maximum atomic E-state index is 12.6. The van der Waals surface area contributed by atoms with Crippen molar-refractivity contribution in [3.63, 3.8) is 0 Å². The van der Waals surface area contributed by atoms with Crippen molar-refractivity contribution in [2.45, 2.75) is 11.3 Å². The van der Waals surface area contributed by atoms with Crippen LogP contribution in [0, 0.1) is 0 Å². The van der Waals surface area contributed by atoms with Crippen LogP contribution in [0.5, 0.6) is 5.75 Å². The smallest absolute Gasteiger partial charge is 0.403 e. The first-order chi connectivity index (χ1) is 12.8. The van der Waals surface area contributed by atoms with Gasteiger partial charge in [-0.2, -0.15) is 0 Å². The molecular weight excluding hydrogens is 483 g/mol. The summed E-state index contributed by atoms with van der Waals surface area (Å²) in [4.78, 5) is 9.70. The number of urea groups is 1. The third-order valence-electron chi connectivity index (χ3n) is 3.03. The summed E-state index contributed by atoms with van der Waals surface area (Å²) in [6.45, 7) is 0. The molecule has 15 heteroatoms. The third-order valence-corrected chi connectivity index (χ3v) is 4.76. The van der Waals surface area contributed by atoms with E-state index in [1.54, 1.807) is 0 Å². The molecule has 0 unspecified atom stereocenters. The first-order valence-corrected chi connectivity index (χ1v) is 9.72. The topological polar surface area (TPSA) is 50.4 Å². The minimum absolute atomic E-state index is 0.0914. The van der Waals surface area contributed by atoms with Gasteiger partial charge in [0.25, 0.3) is 0 Å². The van der Waals surface area contributed by atoms with Gasteiger partial charge < -0.3 is 15.4 Å². The molecule has 0 fully saturated rings. The van der Waals surface area contributed by atoms with Gasteiger partial charge in [-0.1, -0.05) is 42.6 Å². The van der Waals surface area contributed by atoms with Crippen molar-refractivity contribution < 1.29 is 42.1 Å². The van der Waals surface area contributed by atoms with E-state index in [9.17, 15) is 37.4 Å². The van der Waals surface area contributed by atoms with Crippen LogP contribution in [0.2, 0.25) is 10.0 Å². The number of hydrogen-bond donors (Lipinski definition) is 2. The van der Waals surface area contributed by atoms with E-state index in [4.69, 9.17) is 23.2 Å². The van der Waals surface area contributed by atoms with Crippen molar-refractivity contribution >= 4 is 50.8 Å². The molecule has 29 heavy (non-hydrogen) atoms. The van der Waals surface area contributed by atoms with E-state index >= 15 is 0 Å². The highest BCUT2D eigenvalue weighted by Gasteiger charge is 2.65. The summed E-state index contributed by atoms with van der Waals surface area (Å²) in [6, 6.07) is 2.03. The predicted molar refractivity (Wildman–Crippen MR) is 93.6 cm³/mol. The van der Waals surface area contributed by atoms with Gasteiger partial charge in [0, 0.05) is 11.4 Å². The van der Waals surface area contributed by atoms with Gasteiger partial charge in [0.15, 0.2) is 5.75 Å². The Labute approximate surface area is 167 Å². The first-order valence-electron chi connectivity index (χ1n) is 7.01. The van der Waals surface area contributed by atoms with Crippen LogP contribution in [0.25, 0.3) is 0 Å². The molecule has 162 valence electrons. The van der Waals surface area contributed by atoms with Crippen LogP contribution in [0.15, 0.2) is 41.3 Å². The number of rotatable bonds is 4. The number of halogens is 10. The van der Waals surface area contributed by atoms with E-state index < -0.39 is 43.3 Å². The number of amides is 2. The van der Waals surface area contributed by atoms with Crippen molar-refractivity contribution in [1.82, 2.24) is 0 Å². The Morgan fingerprint density at radius 3 is 1.72 bits per heavy atom. The van der Waals surface area contributed by atoms with Crippen LogP contribution in [0.3, 0.4) is 0 Å². The highest BCUT2D eigenvalue weighted by atomic mass is 35.5. The number of hydrogen-bond acceptors (Lipinski definition) is 2. The normalized spacial score (nSPS) is 14.6. The maximum absolute atomic E-state index is 12.6. The van der Waals surface area contributed by atoms with Crippen LogP contribution in [0.1, 0.15) is 0 Å². The lowest BCUT2D eigenvalue weighted by atomic mass is 10.3. The Balaban J connectivity index is 2.12. The number of benzene rings is 2. The zero-order valence-electron chi connectivity index (χ0n) is 13.5. The Hall–Kier alpha value is -2.12. The van der Waals surface area contributed by atoms with Crippen molar-refractivity contribution in [3.05, 3.63) is 46.4 Å². The molecular formula is C14H8Cl2F8N2O2S. The third kappa shape index (κ3) is 6.72. The molecule has 0 saturated carbocycles. The maximum Gasteiger partial charge on any atom is 0.573 e. The Kier molecular flexibility index (Phi) is 5.36. The second kappa shape index (κ2) is 6.71. The predicted octanol–water partition coefficient (Wildman–Crippen LogP) is 8.19. The first kappa shape index (κ1) is 23.2. The Morgan fingerprint density at radius 2 is 1.31 bits per heavy atom. The van der Waals surface area contributed by atoms with Gasteiger partial charge >= 0.3 is 22.6 Å². The molecule has 2 aromatic carbocycles. The zero-order valence-corrected chi connectivity index (χ0v) is 15.8. The molecule has 0 aliphatic carbocycles. The lowest BCUT2D eigenvalue weighted by molar-refractivity contribution is -0.274. The summed E-state index contributed by atoms with van der Waals surface area (Å²) in [5, 5.41) is 2.96. The van der Waals surface area contributed by atoms with Gasteiger partial charge in [0.2, 0.25) is 0 Å². The SMILES string of the molecule is O=C(Nc1ccc(S(F)(F)(F)(F)F)cc1)Nc1cc(Cl)c(OC(F)(F)F)c(Cl)c1. The molecule has 0 atom stereocenters. The van der Waals surface area contributed by atoms with Gasteiger partial charge in [0.1, 0.15) is 4.90 Å². The largest absolute Gasteiger partial charge is 0.573 e. The van der Waals surface area contributed by atoms with E-state index in [1.807, 2.05) is 5.32 Å². The summed E-state index contributed by atoms with van der Waals surface area (Å²) in [7, 11) is -9.85. The van der Waals surface area contributed by atoms with Crippen molar-refractivity contribution in [3.8, 4) is 5.75 Å². The highest BCUT2D eigenvalue weighted by molar-refractivity contribution is 8.45. The van der Waals surface area contributed by atoms with Crippen LogP contribution in [0.4, 0.5) is 48.8 Å². The Bertz CT molecular complexity index is 927. The average molecular weight is 491 g/mol. The molecule has 2 rings (SSSR count). The molecule has 0 radical (unpaired) electrons. The molecule has 2 N–H and O–H groups in total.